The molecule has 9 heteroatoms. The van der Waals surface area contributed by atoms with Gasteiger partial charge in [0.2, 0.25) is 5.91 Å². The second kappa shape index (κ2) is 10.2. The average molecular weight is 551 g/mol. The van der Waals surface area contributed by atoms with Crippen LogP contribution in [0, 0.1) is 23.2 Å². The van der Waals surface area contributed by atoms with Crippen LogP contribution in [0.5, 0.6) is 0 Å². The van der Waals surface area contributed by atoms with Crippen molar-refractivity contribution in [1.29, 1.82) is 0 Å². The maximum Gasteiger partial charge on any atom is 0.225 e. The summed E-state index contributed by atoms with van der Waals surface area (Å²) in [4.78, 5) is 20.8. The molecular weight excluding hydrogens is 516 g/mol. The third-order valence-electron chi connectivity index (χ3n) is 8.26. The molecule has 1 fully saturated rings. The summed E-state index contributed by atoms with van der Waals surface area (Å²) in [6, 6.07) is 6.20. The van der Waals surface area contributed by atoms with E-state index in [1.165, 1.54) is 23.5 Å². The van der Waals surface area contributed by atoms with Gasteiger partial charge in [-0.2, -0.15) is 0 Å². The highest BCUT2D eigenvalue weighted by Gasteiger charge is 2.54. The van der Waals surface area contributed by atoms with Crippen molar-refractivity contribution in [2.75, 3.05) is 13.6 Å². The van der Waals surface area contributed by atoms with Crippen LogP contribution >= 0.6 is 22.9 Å². The van der Waals surface area contributed by atoms with Crippen LogP contribution in [0.4, 0.5) is 0 Å². The number of aliphatic hydroxyl groups excluding tert-OH is 1. The average Bonchev–Trinajstić information content (AvgIpc) is 3.19. The molecule has 1 aromatic carbocycles. The highest BCUT2D eigenvalue weighted by molar-refractivity contribution is 7.90. The molecule has 1 aromatic heterocycles. The summed E-state index contributed by atoms with van der Waals surface area (Å²) in [5.74, 6) is -0.643. The topological polar surface area (TPSA) is 87.6 Å². The van der Waals surface area contributed by atoms with Gasteiger partial charge < -0.3 is 10.0 Å². The number of benzene rings is 1. The number of fused-ring (bicyclic) bond motifs is 2. The van der Waals surface area contributed by atoms with Crippen LogP contribution in [0.1, 0.15) is 55.1 Å². The zero-order chi connectivity index (χ0) is 26.4. The number of aliphatic hydroxyl groups is 1. The molecule has 0 bridgehead atoms. The summed E-state index contributed by atoms with van der Waals surface area (Å²) in [6.45, 7) is 10.4. The molecular formula is C27H35ClN2O4S2. The predicted octanol–water partition coefficient (Wildman–Crippen LogP) is 5.10. The van der Waals surface area contributed by atoms with Crippen molar-refractivity contribution in [1.82, 2.24) is 9.88 Å². The summed E-state index contributed by atoms with van der Waals surface area (Å²) in [5, 5.41) is 12.7. The first-order chi connectivity index (χ1) is 16.9. The predicted molar refractivity (Wildman–Crippen MR) is 144 cm³/mol. The number of nitrogens with zero attached hydrogens (tertiary/aromatic N) is 2. The van der Waals surface area contributed by atoms with Gasteiger partial charge in [-0.1, -0.05) is 38.4 Å². The molecule has 0 saturated heterocycles. The number of hydrogen-bond donors (Lipinski definition) is 1. The van der Waals surface area contributed by atoms with Gasteiger partial charge in [-0.05, 0) is 60.8 Å². The lowest BCUT2D eigenvalue weighted by atomic mass is 9.53. The van der Waals surface area contributed by atoms with Gasteiger partial charge >= 0.3 is 0 Å². The standard InChI is InChI=1S/C27H35ClN2O4S2/c1-6-13-30(5)26(32)16(2)20-11-12-27(4)14-21-24(17(3)23(27)25(20)31)29-22(35-21)15-36(33,34)19-9-7-18(28)8-10-19/h6-10,16-17,20,23,25,31H,1,11-15H2,2-5H3/t16-,17-,20-,23+,25-,27-/m0/s1. The molecule has 6 atom stereocenters. The molecule has 4 rings (SSSR count). The monoisotopic (exact) mass is 550 g/mol. The van der Waals surface area contributed by atoms with Crippen LogP contribution in [-0.4, -0.2) is 49.0 Å². The van der Waals surface area contributed by atoms with Crippen LogP contribution in [0.3, 0.4) is 0 Å². The van der Waals surface area contributed by atoms with Crippen LogP contribution in [0.2, 0.25) is 5.02 Å². The largest absolute Gasteiger partial charge is 0.392 e. The highest BCUT2D eigenvalue weighted by Crippen LogP contribution is 2.57. The molecule has 1 heterocycles. The first-order valence-electron chi connectivity index (χ1n) is 12.4. The van der Waals surface area contributed by atoms with E-state index in [0.29, 0.717) is 16.6 Å². The third-order valence-corrected chi connectivity index (χ3v) is 11.4. The molecule has 2 aromatic rings. The number of amides is 1. The van der Waals surface area contributed by atoms with Crippen molar-refractivity contribution in [2.45, 2.75) is 62.7 Å². The fraction of sp³-hybridized carbons (Fsp3) is 0.556. The van der Waals surface area contributed by atoms with Gasteiger partial charge in [0, 0.05) is 35.3 Å². The van der Waals surface area contributed by atoms with E-state index in [-0.39, 0.29) is 45.6 Å². The highest BCUT2D eigenvalue weighted by atomic mass is 35.5. The SMILES string of the molecule is C=CCN(C)C(=O)[C@@H](C)[C@@H]1CC[C@@]2(C)Cc3sc(CS(=O)(=O)c4ccc(Cl)cc4)nc3[C@@H](C)[C@@H]2[C@H]1O. The van der Waals surface area contributed by atoms with E-state index in [0.717, 1.165) is 29.8 Å². The van der Waals surface area contributed by atoms with Crippen molar-refractivity contribution in [3.8, 4) is 0 Å². The zero-order valence-corrected chi connectivity index (χ0v) is 23.7. The first-order valence-corrected chi connectivity index (χ1v) is 15.2. The Balaban J connectivity index is 1.57. The Labute approximate surface area is 223 Å². The number of aromatic nitrogens is 1. The van der Waals surface area contributed by atoms with Gasteiger partial charge in [0.15, 0.2) is 9.84 Å². The Kier molecular flexibility index (Phi) is 7.73. The Hall–Kier alpha value is -1.74. The Morgan fingerprint density at radius 1 is 1.39 bits per heavy atom. The second-order valence-corrected chi connectivity index (χ2v) is 14.4. The number of halogens is 1. The number of rotatable bonds is 7. The molecule has 1 N–H and O–H groups in total. The fourth-order valence-corrected chi connectivity index (χ4v) is 9.46. The summed E-state index contributed by atoms with van der Waals surface area (Å²) >= 11 is 7.39. The van der Waals surface area contributed by atoms with Crippen LogP contribution in [0.25, 0.3) is 0 Å². The summed E-state index contributed by atoms with van der Waals surface area (Å²) in [5.41, 5.74) is 0.767. The van der Waals surface area contributed by atoms with Crippen LogP contribution in [-0.2, 0) is 26.8 Å². The maximum absolute atomic E-state index is 13.0. The maximum atomic E-state index is 13.0. The fourth-order valence-electron chi connectivity index (χ4n) is 6.36. The summed E-state index contributed by atoms with van der Waals surface area (Å²) in [7, 11) is -1.78. The van der Waals surface area contributed by atoms with Gasteiger partial charge in [0.05, 0.1) is 16.7 Å². The van der Waals surface area contributed by atoms with E-state index >= 15 is 0 Å². The molecule has 6 nitrogen and oxygen atoms in total. The number of thiazole rings is 1. The lowest BCUT2D eigenvalue weighted by Crippen LogP contribution is -2.53. The van der Waals surface area contributed by atoms with Crippen molar-refractivity contribution in [2.24, 2.45) is 23.2 Å². The van der Waals surface area contributed by atoms with Gasteiger partial charge in [0.25, 0.3) is 0 Å². The molecule has 0 spiro atoms. The molecule has 196 valence electrons. The Bertz CT molecular complexity index is 1240. The molecule has 36 heavy (non-hydrogen) atoms. The molecule has 0 radical (unpaired) electrons. The number of likely N-dealkylation sites (N-methyl/N-ethyl adjacent to an activating group) is 1. The lowest BCUT2D eigenvalue weighted by molar-refractivity contribution is -0.143. The van der Waals surface area contributed by atoms with E-state index in [4.69, 9.17) is 16.6 Å². The first kappa shape index (κ1) is 27.3. The molecule has 0 aliphatic heterocycles. The molecule has 1 saturated carbocycles. The van der Waals surface area contributed by atoms with E-state index < -0.39 is 15.9 Å². The summed E-state index contributed by atoms with van der Waals surface area (Å²) in [6.07, 6.45) is 3.52. The van der Waals surface area contributed by atoms with Crippen molar-refractivity contribution in [3.63, 3.8) is 0 Å². The van der Waals surface area contributed by atoms with Gasteiger partial charge in [-0.15, -0.1) is 17.9 Å². The van der Waals surface area contributed by atoms with Gasteiger partial charge in [-0.3, -0.25) is 4.79 Å². The Morgan fingerprint density at radius 3 is 2.69 bits per heavy atom. The van der Waals surface area contributed by atoms with Crippen molar-refractivity contribution < 1.29 is 18.3 Å². The van der Waals surface area contributed by atoms with Crippen LogP contribution < -0.4 is 0 Å². The van der Waals surface area contributed by atoms with Crippen LogP contribution in [0.15, 0.2) is 41.8 Å². The van der Waals surface area contributed by atoms with E-state index in [1.807, 2.05) is 6.92 Å². The second-order valence-electron chi connectivity index (χ2n) is 10.8. The number of hydrogen-bond acceptors (Lipinski definition) is 6. The van der Waals surface area contributed by atoms with E-state index in [2.05, 4.69) is 20.4 Å². The zero-order valence-electron chi connectivity index (χ0n) is 21.3. The summed E-state index contributed by atoms with van der Waals surface area (Å²) < 4.78 is 26.0. The molecule has 2 aliphatic rings. The molecule has 0 unspecified atom stereocenters. The quantitative estimate of drug-likeness (QED) is 0.484. The van der Waals surface area contributed by atoms with E-state index in [9.17, 15) is 18.3 Å². The van der Waals surface area contributed by atoms with Crippen molar-refractivity contribution in [3.05, 3.63) is 57.5 Å². The third kappa shape index (κ3) is 5.02. The number of carbonyl (C=O) groups excluding carboxylic acids is 1. The molecule has 2 aliphatic carbocycles. The normalized spacial score (nSPS) is 28.6. The van der Waals surface area contributed by atoms with E-state index in [1.54, 1.807) is 30.2 Å². The smallest absolute Gasteiger partial charge is 0.225 e. The van der Waals surface area contributed by atoms with Gasteiger partial charge in [-0.25, -0.2) is 13.4 Å². The minimum absolute atomic E-state index is 0.0232. The minimum Gasteiger partial charge on any atom is -0.392 e. The lowest BCUT2D eigenvalue weighted by Gasteiger charge is -2.53. The Morgan fingerprint density at radius 2 is 2.06 bits per heavy atom. The van der Waals surface area contributed by atoms with Gasteiger partial charge in [0.1, 0.15) is 10.8 Å². The molecule has 1 amide bonds. The number of carbonyl (C=O) groups is 1. The minimum atomic E-state index is -3.55. The van der Waals surface area contributed by atoms with Crippen molar-refractivity contribution >= 4 is 38.7 Å². The number of sulfone groups is 1.